The molecular weight excluding hydrogens is 586 g/mol. The lowest BCUT2D eigenvalue weighted by Crippen LogP contribution is -2.52. The molecule has 2 fully saturated rings. The third kappa shape index (κ3) is 7.86. The van der Waals surface area contributed by atoms with E-state index in [0.717, 1.165) is 43.0 Å². The van der Waals surface area contributed by atoms with E-state index in [0.29, 0.717) is 31.7 Å². The van der Waals surface area contributed by atoms with Crippen molar-refractivity contribution in [2.24, 2.45) is 0 Å². The zero-order valence-corrected chi connectivity index (χ0v) is 24.7. The molecule has 0 unspecified atom stereocenters. The molecule has 0 aliphatic carbocycles. The quantitative estimate of drug-likeness (QED) is 0.344. The summed E-state index contributed by atoms with van der Waals surface area (Å²) in [5, 5.41) is -0.242. The third-order valence-corrected chi connectivity index (χ3v) is 9.75. The first-order chi connectivity index (χ1) is 19.0. The number of nitrogens with one attached hydrogen (secondary N) is 1. The molecule has 2 aliphatic rings. The molecule has 4 rings (SSSR count). The van der Waals surface area contributed by atoms with E-state index < -0.39 is 38.3 Å². The summed E-state index contributed by atoms with van der Waals surface area (Å²) in [6, 6.07) is 7.86. The van der Waals surface area contributed by atoms with Crippen molar-refractivity contribution in [2.75, 3.05) is 39.1 Å². The van der Waals surface area contributed by atoms with E-state index in [2.05, 4.69) is 4.90 Å². The van der Waals surface area contributed by atoms with Gasteiger partial charge in [0, 0.05) is 44.0 Å². The van der Waals surface area contributed by atoms with Gasteiger partial charge in [0.15, 0.2) is 11.6 Å². The maximum absolute atomic E-state index is 15.3. The molecule has 1 N–H and O–H groups in total. The summed E-state index contributed by atoms with van der Waals surface area (Å²) in [5.74, 6) is -2.00. The molecule has 13 heteroatoms. The van der Waals surface area contributed by atoms with Gasteiger partial charge in [-0.3, -0.25) is 9.69 Å². The number of likely N-dealkylation sites (tertiary alicyclic amines) is 1. The van der Waals surface area contributed by atoms with Crippen molar-refractivity contribution in [2.45, 2.75) is 60.2 Å². The van der Waals surface area contributed by atoms with E-state index in [1.807, 2.05) is 4.72 Å². The fraction of sp³-hybridized carbons (Fsp3) is 0.519. The Morgan fingerprint density at radius 1 is 1.25 bits per heavy atom. The number of amides is 1. The molecule has 1 amide bonds. The van der Waals surface area contributed by atoms with Crippen LogP contribution in [0.3, 0.4) is 0 Å². The van der Waals surface area contributed by atoms with Crippen molar-refractivity contribution >= 4 is 39.3 Å². The number of benzene rings is 2. The van der Waals surface area contributed by atoms with Crippen molar-refractivity contribution in [3.8, 4) is 5.75 Å². The van der Waals surface area contributed by atoms with E-state index in [4.69, 9.17) is 25.8 Å². The van der Waals surface area contributed by atoms with E-state index in [-0.39, 0.29) is 22.7 Å². The smallest absolute Gasteiger partial charge is 0.265 e. The van der Waals surface area contributed by atoms with Crippen LogP contribution in [-0.4, -0.2) is 76.1 Å². The number of thioether (sulfide) groups is 1. The molecule has 2 aromatic rings. The summed E-state index contributed by atoms with van der Waals surface area (Å²) >= 11 is 7.75. The number of halogens is 3. The highest BCUT2D eigenvalue weighted by atomic mass is 35.5. The van der Waals surface area contributed by atoms with E-state index in [1.165, 1.54) is 30.8 Å². The minimum atomic E-state index is -4.42. The second-order valence-corrected chi connectivity index (χ2v) is 13.3. The molecular formula is C27H33ClF2N2O6S2. The van der Waals surface area contributed by atoms with Crippen LogP contribution in [0.2, 0.25) is 5.02 Å². The third-order valence-electron chi connectivity index (χ3n) is 7.02. The highest BCUT2D eigenvalue weighted by Crippen LogP contribution is 2.34. The van der Waals surface area contributed by atoms with Crippen LogP contribution < -0.4 is 9.46 Å². The Bertz CT molecular complexity index is 1260. The Labute approximate surface area is 242 Å². The number of carbonyl (C=O) groups is 1. The Balaban J connectivity index is 1.46. The maximum Gasteiger partial charge on any atom is 0.265 e. The molecule has 0 saturated carbocycles. The van der Waals surface area contributed by atoms with Gasteiger partial charge in [0.25, 0.3) is 15.9 Å². The molecule has 2 aliphatic heterocycles. The van der Waals surface area contributed by atoms with Gasteiger partial charge in [-0.25, -0.2) is 21.9 Å². The fourth-order valence-electron chi connectivity index (χ4n) is 4.45. The molecule has 0 radical (unpaired) electrons. The Hall–Kier alpha value is -1.96. The summed E-state index contributed by atoms with van der Waals surface area (Å²) in [5.41, 5.74) is -1.29. The summed E-state index contributed by atoms with van der Waals surface area (Å²) in [7, 11) is -2.76. The molecule has 0 aromatic heterocycles. The first kappa shape index (κ1) is 31.0. The molecule has 2 saturated heterocycles. The molecule has 0 bridgehead atoms. The zero-order chi connectivity index (χ0) is 28.9. The summed E-state index contributed by atoms with van der Waals surface area (Å²) in [6.45, 7) is 4.12. The van der Waals surface area contributed by atoms with E-state index in [9.17, 15) is 17.6 Å². The van der Waals surface area contributed by atoms with Crippen molar-refractivity contribution in [1.82, 2.24) is 9.62 Å². The lowest BCUT2D eigenvalue weighted by Gasteiger charge is -2.38. The minimum absolute atomic E-state index is 0.182. The van der Waals surface area contributed by atoms with Gasteiger partial charge in [0.1, 0.15) is 17.5 Å². The number of ether oxygens (including phenoxy) is 3. The summed E-state index contributed by atoms with van der Waals surface area (Å²) in [4.78, 5) is 15.2. The normalized spacial score (nSPS) is 21.0. The number of hydrogen-bond donors (Lipinski definition) is 1. The van der Waals surface area contributed by atoms with Gasteiger partial charge in [-0.1, -0.05) is 11.6 Å². The van der Waals surface area contributed by atoms with Gasteiger partial charge in [0.2, 0.25) is 0 Å². The first-order valence-corrected chi connectivity index (χ1v) is 15.8. The lowest BCUT2D eigenvalue weighted by atomic mass is 9.95. The maximum atomic E-state index is 15.3. The van der Waals surface area contributed by atoms with Crippen LogP contribution in [0.4, 0.5) is 8.78 Å². The van der Waals surface area contributed by atoms with Crippen LogP contribution in [0.15, 0.2) is 46.2 Å². The van der Waals surface area contributed by atoms with Gasteiger partial charge in [-0.2, -0.15) is 0 Å². The predicted octanol–water partition coefficient (Wildman–Crippen LogP) is 4.64. The Kier molecular flexibility index (Phi) is 10.3. The summed E-state index contributed by atoms with van der Waals surface area (Å²) < 4.78 is 73.2. The molecule has 2 aromatic carbocycles. The number of carbonyl (C=O) groups excluding carboxylic acids is 1. The predicted molar refractivity (Wildman–Crippen MR) is 148 cm³/mol. The average Bonchev–Trinajstić information content (AvgIpc) is 2.89. The van der Waals surface area contributed by atoms with Gasteiger partial charge < -0.3 is 14.2 Å². The molecule has 0 spiro atoms. The van der Waals surface area contributed by atoms with Crippen molar-refractivity contribution < 1.29 is 36.2 Å². The van der Waals surface area contributed by atoms with E-state index in [1.54, 1.807) is 19.2 Å². The molecule has 40 heavy (non-hydrogen) atoms. The lowest BCUT2D eigenvalue weighted by molar-refractivity contribution is -0.148. The van der Waals surface area contributed by atoms with E-state index >= 15 is 4.39 Å². The molecule has 2 atom stereocenters. The van der Waals surface area contributed by atoms with Crippen LogP contribution in [0, 0.1) is 11.6 Å². The first-order valence-electron chi connectivity index (χ1n) is 13.0. The van der Waals surface area contributed by atoms with Gasteiger partial charge in [-0.05, 0) is 69.0 Å². The number of nitrogens with zero attached hydrogens (tertiary/aromatic N) is 1. The fourth-order valence-corrected chi connectivity index (χ4v) is 6.82. The highest BCUT2D eigenvalue weighted by molar-refractivity contribution is 7.99. The van der Waals surface area contributed by atoms with Crippen molar-refractivity contribution in [3.63, 3.8) is 0 Å². The molecule has 2 heterocycles. The van der Waals surface area contributed by atoms with Crippen molar-refractivity contribution in [1.29, 1.82) is 0 Å². The second-order valence-electron chi connectivity index (χ2n) is 10.1. The molecule has 8 nitrogen and oxygen atoms in total. The van der Waals surface area contributed by atoms with Gasteiger partial charge >= 0.3 is 0 Å². The SMILES string of the molecule is COC1CN(CC[C@H](CSc2ccc(F)cc2)Oc2c(F)cc(S(=O)(=O)NC(=O)[C@@]3(C)CCCCO3)cc2Cl)C1. The van der Waals surface area contributed by atoms with Crippen LogP contribution in [-0.2, 0) is 24.3 Å². The van der Waals surface area contributed by atoms with Crippen LogP contribution in [0.1, 0.15) is 32.6 Å². The number of hydrogen-bond acceptors (Lipinski definition) is 8. The topological polar surface area (TPSA) is 94.2 Å². The Morgan fingerprint density at radius 2 is 1.98 bits per heavy atom. The highest BCUT2D eigenvalue weighted by Gasteiger charge is 2.38. The number of rotatable bonds is 12. The second kappa shape index (κ2) is 13.3. The minimum Gasteiger partial charge on any atom is -0.485 e. The van der Waals surface area contributed by atoms with Gasteiger partial charge in [-0.15, -0.1) is 11.8 Å². The van der Waals surface area contributed by atoms with Crippen LogP contribution >= 0.6 is 23.4 Å². The van der Waals surface area contributed by atoms with Crippen molar-refractivity contribution in [3.05, 3.63) is 53.1 Å². The van der Waals surface area contributed by atoms with Crippen LogP contribution in [0.25, 0.3) is 0 Å². The average molecular weight is 619 g/mol. The number of methoxy groups -OCH3 is 1. The molecule has 220 valence electrons. The standard InChI is InChI=1S/C27H33ClF2N2O6S2/c1-27(10-3-4-12-37-27)26(33)31-40(34,35)22-13-23(28)25(24(30)14-22)38-19(9-11-32-15-20(16-32)36-2)17-39-21-7-5-18(29)6-8-21/h5-8,13-14,19-20H,3-4,9-12,15-17H2,1-2H3,(H,31,33)/t19-,27-/m1/s1. The zero-order valence-electron chi connectivity index (χ0n) is 22.3. The largest absolute Gasteiger partial charge is 0.485 e. The summed E-state index contributed by atoms with van der Waals surface area (Å²) in [6.07, 6.45) is 2.11. The monoisotopic (exact) mass is 618 g/mol. The Morgan fingerprint density at radius 3 is 2.60 bits per heavy atom. The van der Waals surface area contributed by atoms with Crippen LogP contribution in [0.5, 0.6) is 5.75 Å². The van der Waals surface area contributed by atoms with Gasteiger partial charge in [0.05, 0.1) is 16.0 Å². The number of sulfonamides is 1.